The predicted octanol–water partition coefficient (Wildman–Crippen LogP) is 3.88. The molecule has 7 heteroatoms. The first-order valence-corrected chi connectivity index (χ1v) is 9.09. The summed E-state index contributed by atoms with van der Waals surface area (Å²) >= 11 is 1.60. The molecule has 0 fully saturated rings. The smallest absolute Gasteiger partial charge is 0.334 e. The molecule has 1 aromatic heterocycles. The fraction of sp³-hybridized carbons (Fsp3) is 0.474. The second kappa shape index (κ2) is 11.5. The number of thiophene rings is 1. The number of hydrogen-bond acceptors (Lipinski definition) is 7. The van der Waals surface area contributed by atoms with Crippen molar-refractivity contribution >= 4 is 29.1 Å². The van der Waals surface area contributed by atoms with Gasteiger partial charge in [-0.25, -0.2) is 4.79 Å². The highest BCUT2D eigenvalue weighted by atomic mass is 32.1. The Bertz CT molecular complexity index is 663. The number of methoxy groups -OCH3 is 2. The Morgan fingerprint density at radius 1 is 1.31 bits per heavy atom. The summed E-state index contributed by atoms with van der Waals surface area (Å²) in [6, 6.07) is 4.00. The van der Waals surface area contributed by atoms with Gasteiger partial charge in [0.1, 0.15) is 12.9 Å². The summed E-state index contributed by atoms with van der Waals surface area (Å²) in [5, 5.41) is 3.94. The van der Waals surface area contributed by atoms with Gasteiger partial charge < -0.3 is 19.0 Å². The molecule has 6 nitrogen and oxygen atoms in total. The van der Waals surface area contributed by atoms with Crippen LogP contribution >= 0.6 is 11.3 Å². The Morgan fingerprint density at radius 2 is 2.04 bits per heavy atom. The molecule has 0 radical (unpaired) electrons. The van der Waals surface area contributed by atoms with Crippen molar-refractivity contribution in [3.8, 4) is 0 Å². The van der Waals surface area contributed by atoms with Crippen LogP contribution < -0.4 is 0 Å². The van der Waals surface area contributed by atoms with E-state index in [0.29, 0.717) is 12.4 Å². The maximum absolute atomic E-state index is 11.7. The molecule has 0 bridgehead atoms. The largest absolute Gasteiger partial charge is 0.500 e. The summed E-state index contributed by atoms with van der Waals surface area (Å²) in [4.78, 5) is 18.6. The van der Waals surface area contributed by atoms with Crippen LogP contribution in [-0.4, -0.2) is 45.7 Å². The molecular formula is C19H27NO5S. The maximum atomic E-state index is 11.7. The molecule has 0 aliphatic heterocycles. The van der Waals surface area contributed by atoms with E-state index in [1.165, 1.54) is 20.3 Å². The van der Waals surface area contributed by atoms with Gasteiger partial charge >= 0.3 is 5.97 Å². The number of hydrogen-bond donors (Lipinski definition) is 0. The average molecular weight is 381 g/mol. The van der Waals surface area contributed by atoms with Crippen LogP contribution in [0.25, 0.3) is 6.08 Å². The molecule has 2 atom stereocenters. The third-order valence-electron chi connectivity index (χ3n) is 3.66. The van der Waals surface area contributed by atoms with Crippen molar-refractivity contribution in [3.05, 3.63) is 39.8 Å². The number of nitrogens with zero attached hydrogens (tertiary/aromatic N) is 1. The number of rotatable bonds is 10. The van der Waals surface area contributed by atoms with Gasteiger partial charge in [-0.1, -0.05) is 18.2 Å². The second-order valence-corrected chi connectivity index (χ2v) is 6.53. The van der Waals surface area contributed by atoms with Gasteiger partial charge in [-0.3, -0.25) is 0 Å². The van der Waals surface area contributed by atoms with Crippen LogP contribution in [0.4, 0.5) is 0 Å². The lowest BCUT2D eigenvalue weighted by atomic mass is 10.0. The molecule has 144 valence electrons. The molecule has 0 aromatic carbocycles. The van der Waals surface area contributed by atoms with Gasteiger partial charge in [0.15, 0.2) is 0 Å². The van der Waals surface area contributed by atoms with Gasteiger partial charge in [0.2, 0.25) is 0 Å². The van der Waals surface area contributed by atoms with E-state index in [2.05, 4.69) is 5.16 Å². The van der Waals surface area contributed by atoms with Gasteiger partial charge in [-0.15, -0.1) is 11.3 Å². The fourth-order valence-corrected chi connectivity index (χ4v) is 3.15. The van der Waals surface area contributed by atoms with E-state index in [0.717, 1.165) is 15.5 Å². The van der Waals surface area contributed by atoms with Crippen LogP contribution in [0.1, 0.15) is 30.5 Å². The van der Waals surface area contributed by atoms with Crippen molar-refractivity contribution in [2.24, 2.45) is 11.1 Å². The maximum Gasteiger partial charge on any atom is 0.334 e. The molecule has 0 spiro atoms. The van der Waals surface area contributed by atoms with Crippen molar-refractivity contribution in [1.29, 1.82) is 0 Å². The normalized spacial score (nSPS) is 15.0. The first kappa shape index (κ1) is 21.9. The van der Waals surface area contributed by atoms with Crippen molar-refractivity contribution in [2.45, 2.75) is 26.9 Å². The van der Waals surface area contributed by atoms with Crippen LogP contribution in [0.5, 0.6) is 0 Å². The average Bonchev–Trinajstić information content (AvgIpc) is 3.09. The lowest BCUT2D eigenvalue weighted by molar-refractivity contribution is -0.137. The van der Waals surface area contributed by atoms with Gasteiger partial charge in [-0.2, -0.15) is 0 Å². The molecule has 1 heterocycles. The van der Waals surface area contributed by atoms with Crippen LogP contribution in [0, 0.1) is 5.92 Å². The zero-order valence-corrected chi connectivity index (χ0v) is 17.0. The minimum atomic E-state index is -0.425. The van der Waals surface area contributed by atoms with Gasteiger partial charge in [0.25, 0.3) is 0 Å². The minimum Gasteiger partial charge on any atom is -0.500 e. The lowest BCUT2D eigenvalue weighted by Gasteiger charge is -2.21. The Kier molecular flexibility index (Phi) is 9.69. The van der Waals surface area contributed by atoms with Crippen LogP contribution in [0.2, 0.25) is 0 Å². The lowest BCUT2D eigenvalue weighted by Crippen LogP contribution is -2.21. The number of ether oxygens (including phenoxy) is 3. The summed E-state index contributed by atoms with van der Waals surface area (Å²) in [5.74, 6) is -0.0670. The monoisotopic (exact) mass is 381 g/mol. The van der Waals surface area contributed by atoms with Crippen LogP contribution in [0.3, 0.4) is 0 Å². The quantitative estimate of drug-likeness (QED) is 0.202. The zero-order valence-electron chi connectivity index (χ0n) is 16.1. The van der Waals surface area contributed by atoms with Gasteiger partial charge in [0, 0.05) is 17.9 Å². The fourth-order valence-electron chi connectivity index (χ4n) is 2.30. The van der Waals surface area contributed by atoms with Crippen molar-refractivity contribution in [1.82, 2.24) is 0 Å². The summed E-state index contributed by atoms with van der Waals surface area (Å²) in [7, 11) is 4.68. The van der Waals surface area contributed by atoms with E-state index in [1.54, 1.807) is 25.4 Å². The number of esters is 1. The Balaban J connectivity index is 2.89. The molecule has 0 saturated carbocycles. The van der Waals surface area contributed by atoms with E-state index in [4.69, 9.17) is 19.0 Å². The summed E-state index contributed by atoms with van der Waals surface area (Å²) in [6.45, 7) is 5.91. The molecule has 26 heavy (non-hydrogen) atoms. The summed E-state index contributed by atoms with van der Waals surface area (Å²) in [6.07, 6.45) is 5.04. The van der Waals surface area contributed by atoms with E-state index < -0.39 is 5.97 Å². The van der Waals surface area contributed by atoms with Crippen LogP contribution in [0.15, 0.2) is 35.2 Å². The van der Waals surface area contributed by atoms with E-state index in [9.17, 15) is 4.79 Å². The predicted molar refractivity (Wildman–Crippen MR) is 104 cm³/mol. The van der Waals surface area contributed by atoms with E-state index in [1.807, 2.05) is 38.1 Å². The third kappa shape index (κ3) is 6.65. The molecule has 0 aliphatic carbocycles. The molecule has 0 saturated heterocycles. The van der Waals surface area contributed by atoms with Crippen LogP contribution in [-0.2, 0) is 23.8 Å². The standard InChI is InChI=1S/C19H27NO5S/c1-7-25-19(21)12-17(23-5)13(2)16(22-4)10-8-15-9-11-18(26-15)14(3)20-24-6/h8-13,16H,7H2,1-6H3/b10-8+,17-12+,20-14-/t13-,16+/m1/s1. The first-order valence-electron chi connectivity index (χ1n) is 8.28. The van der Waals surface area contributed by atoms with E-state index >= 15 is 0 Å². The highest BCUT2D eigenvalue weighted by Crippen LogP contribution is 2.23. The van der Waals surface area contributed by atoms with Gasteiger partial charge in [-0.05, 0) is 32.1 Å². The third-order valence-corrected chi connectivity index (χ3v) is 4.82. The van der Waals surface area contributed by atoms with Gasteiger partial charge in [0.05, 0.1) is 36.5 Å². The topological polar surface area (TPSA) is 66.4 Å². The molecule has 0 N–H and O–H groups in total. The molecule has 0 aliphatic rings. The minimum absolute atomic E-state index is 0.151. The molecule has 0 amide bonds. The number of carbonyl (C=O) groups is 1. The highest BCUT2D eigenvalue weighted by Gasteiger charge is 2.20. The van der Waals surface area contributed by atoms with Crippen molar-refractivity contribution in [2.75, 3.05) is 27.9 Å². The summed E-state index contributed by atoms with van der Waals surface area (Å²) < 4.78 is 15.8. The SMILES string of the molecule is CCOC(=O)/C=C(/OC)[C@H](C)[C@H](/C=C/c1ccc(/C(C)=N\OC)s1)OC. The first-order chi connectivity index (χ1) is 12.5. The van der Waals surface area contributed by atoms with Crippen molar-refractivity contribution < 1.29 is 23.8 Å². The highest BCUT2D eigenvalue weighted by molar-refractivity contribution is 7.14. The Morgan fingerprint density at radius 3 is 2.62 bits per heavy atom. The molecule has 1 rings (SSSR count). The number of carbonyl (C=O) groups excluding carboxylic acids is 1. The molecule has 1 aromatic rings. The Labute approximate surface area is 159 Å². The Hall–Kier alpha value is -2.12. The van der Waals surface area contributed by atoms with E-state index in [-0.39, 0.29) is 12.0 Å². The van der Waals surface area contributed by atoms with Crippen molar-refractivity contribution in [3.63, 3.8) is 0 Å². The number of oxime groups is 1. The second-order valence-electron chi connectivity index (χ2n) is 5.41. The summed E-state index contributed by atoms with van der Waals surface area (Å²) in [5.41, 5.74) is 0.827. The zero-order chi connectivity index (χ0) is 19.5. The molecule has 0 unspecified atom stereocenters. The molecular weight excluding hydrogens is 354 g/mol.